The first-order chi connectivity index (χ1) is 14.7. The van der Waals surface area contributed by atoms with Crippen LogP contribution in [0.3, 0.4) is 0 Å². The molecule has 30 heavy (non-hydrogen) atoms. The predicted octanol–water partition coefficient (Wildman–Crippen LogP) is 5.57. The van der Waals surface area contributed by atoms with E-state index in [4.69, 9.17) is 4.42 Å². The summed E-state index contributed by atoms with van der Waals surface area (Å²) in [5.74, 6) is 0.664. The van der Waals surface area contributed by atoms with Gasteiger partial charge in [0, 0.05) is 16.7 Å². The van der Waals surface area contributed by atoms with E-state index < -0.39 is 0 Å². The summed E-state index contributed by atoms with van der Waals surface area (Å²) in [4.78, 5) is 29.4. The van der Waals surface area contributed by atoms with Gasteiger partial charge < -0.3 is 9.73 Å². The molecule has 1 N–H and O–H groups in total. The fourth-order valence-electron chi connectivity index (χ4n) is 2.84. The van der Waals surface area contributed by atoms with Crippen molar-refractivity contribution < 1.29 is 14.0 Å². The summed E-state index contributed by atoms with van der Waals surface area (Å²) in [5, 5.41) is 3.14. The molecule has 148 valence electrons. The second-order valence-electron chi connectivity index (χ2n) is 6.42. The zero-order valence-corrected chi connectivity index (χ0v) is 16.8. The lowest BCUT2D eigenvalue weighted by molar-refractivity contribution is 0.101. The topological polar surface area (TPSA) is 72.2 Å². The minimum atomic E-state index is -0.280. The van der Waals surface area contributed by atoms with Gasteiger partial charge in [0.1, 0.15) is 0 Å². The van der Waals surface area contributed by atoms with Crippen LogP contribution in [0.1, 0.15) is 20.7 Å². The van der Waals surface area contributed by atoms with E-state index in [0.29, 0.717) is 27.9 Å². The maximum absolute atomic E-state index is 12.6. The van der Waals surface area contributed by atoms with E-state index in [1.165, 1.54) is 11.8 Å². The van der Waals surface area contributed by atoms with Gasteiger partial charge in [-0.2, -0.15) is 4.98 Å². The van der Waals surface area contributed by atoms with E-state index >= 15 is 0 Å². The highest BCUT2D eigenvalue weighted by Crippen LogP contribution is 2.33. The SMILES string of the molecule is O=C(CSc1nc(NC(=O)c2ccccc2)c(-c2ccccc2)o1)c1ccccc1. The van der Waals surface area contributed by atoms with Gasteiger partial charge in [0.2, 0.25) is 0 Å². The Morgan fingerprint density at radius 1 is 0.800 bits per heavy atom. The normalized spacial score (nSPS) is 10.5. The van der Waals surface area contributed by atoms with E-state index in [0.717, 1.165) is 5.56 Å². The van der Waals surface area contributed by atoms with Crippen LogP contribution in [-0.2, 0) is 0 Å². The Bertz CT molecular complexity index is 1140. The molecule has 6 heteroatoms. The molecule has 0 bridgehead atoms. The molecule has 5 nitrogen and oxygen atoms in total. The Morgan fingerprint density at radius 2 is 1.37 bits per heavy atom. The van der Waals surface area contributed by atoms with Crippen molar-refractivity contribution in [1.82, 2.24) is 4.98 Å². The summed E-state index contributed by atoms with van der Waals surface area (Å²) >= 11 is 1.20. The van der Waals surface area contributed by atoms with E-state index in [1.807, 2.05) is 54.6 Å². The molecule has 0 aliphatic heterocycles. The number of benzene rings is 3. The van der Waals surface area contributed by atoms with E-state index in [2.05, 4.69) is 10.3 Å². The number of hydrogen-bond donors (Lipinski definition) is 1. The predicted molar refractivity (Wildman–Crippen MR) is 118 cm³/mol. The number of rotatable bonds is 7. The van der Waals surface area contributed by atoms with Gasteiger partial charge in [-0.05, 0) is 12.1 Å². The van der Waals surface area contributed by atoms with Crippen LogP contribution in [0.5, 0.6) is 0 Å². The summed E-state index contributed by atoms with van der Waals surface area (Å²) in [6.45, 7) is 0. The first kappa shape index (κ1) is 19.7. The monoisotopic (exact) mass is 414 g/mol. The molecule has 1 heterocycles. The van der Waals surface area contributed by atoms with Gasteiger partial charge in [0.05, 0.1) is 5.75 Å². The lowest BCUT2D eigenvalue weighted by Gasteiger charge is -2.04. The van der Waals surface area contributed by atoms with Gasteiger partial charge in [0.25, 0.3) is 11.1 Å². The number of thioether (sulfide) groups is 1. The molecule has 0 radical (unpaired) electrons. The standard InChI is InChI=1S/C24H18N2O3S/c27-20(17-10-4-1-5-11-17)16-30-24-26-22(21(29-24)18-12-6-2-7-13-18)25-23(28)19-14-8-3-9-15-19/h1-15H,16H2,(H,25,28). The van der Waals surface area contributed by atoms with E-state index in [9.17, 15) is 9.59 Å². The first-order valence-corrected chi connectivity index (χ1v) is 10.3. The zero-order chi connectivity index (χ0) is 20.8. The third-order valence-corrected chi connectivity index (χ3v) is 5.16. The number of ketones is 1. The summed E-state index contributed by atoms with van der Waals surface area (Å²) < 4.78 is 5.91. The third kappa shape index (κ3) is 4.67. The lowest BCUT2D eigenvalue weighted by Crippen LogP contribution is -2.12. The Morgan fingerprint density at radius 3 is 2.00 bits per heavy atom. The fraction of sp³-hybridized carbons (Fsp3) is 0.0417. The number of nitrogens with one attached hydrogen (secondary N) is 1. The average Bonchev–Trinajstić information content (AvgIpc) is 3.21. The van der Waals surface area contributed by atoms with Crippen molar-refractivity contribution >= 4 is 29.3 Å². The number of aromatic nitrogens is 1. The molecule has 0 aliphatic rings. The molecule has 0 saturated carbocycles. The summed E-state index contributed by atoms with van der Waals surface area (Å²) in [7, 11) is 0. The Balaban J connectivity index is 1.56. The molecule has 1 amide bonds. The highest BCUT2D eigenvalue weighted by Gasteiger charge is 2.19. The van der Waals surface area contributed by atoms with Gasteiger partial charge in [-0.3, -0.25) is 9.59 Å². The molecule has 0 atom stereocenters. The van der Waals surface area contributed by atoms with Crippen molar-refractivity contribution in [3.05, 3.63) is 102 Å². The molecule has 0 fully saturated rings. The van der Waals surface area contributed by atoms with Crippen LogP contribution < -0.4 is 5.32 Å². The van der Waals surface area contributed by atoms with Crippen molar-refractivity contribution in [3.63, 3.8) is 0 Å². The second-order valence-corrected chi connectivity index (χ2v) is 7.35. The van der Waals surface area contributed by atoms with Crippen LogP contribution in [0, 0.1) is 0 Å². The van der Waals surface area contributed by atoms with Crippen molar-refractivity contribution in [2.75, 3.05) is 11.1 Å². The third-order valence-electron chi connectivity index (χ3n) is 4.33. The van der Waals surface area contributed by atoms with Crippen molar-refractivity contribution in [1.29, 1.82) is 0 Å². The Kier molecular flexibility index (Phi) is 6.06. The van der Waals surface area contributed by atoms with Gasteiger partial charge in [0.15, 0.2) is 17.4 Å². The van der Waals surface area contributed by atoms with Crippen LogP contribution in [0.2, 0.25) is 0 Å². The largest absolute Gasteiger partial charge is 0.429 e. The van der Waals surface area contributed by atoms with Crippen LogP contribution in [0.25, 0.3) is 11.3 Å². The Labute approximate surface area is 178 Å². The van der Waals surface area contributed by atoms with Gasteiger partial charge in [-0.25, -0.2) is 0 Å². The van der Waals surface area contributed by atoms with Crippen LogP contribution in [-0.4, -0.2) is 22.4 Å². The number of hydrogen-bond acceptors (Lipinski definition) is 5. The highest BCUT2D eigenvalue weighted by atomic mass is 32.2. The van der Waals surface area contributed by atoms with E-state index in [-0.39, 0.29) is 17.4 Å². The number of nitrogens with zero attached hydrogens (tertiary/aromatic N) is 1. The number of anilines is 1. The number of oxazole rings is 1. The minimum Gasteiger partial charge on any atom is -0.429 e. The zero-order valence-electron chi connectivity index (χ0n) is 15.9. The summed E-state index contributed by atoms with van der Waals surface area (Å²) in [5.41, 5.74) is 1.94. The maximum Gasteiger partial charge on any atom is 0.258 e. The molecule has 0 aliphatic carbocycles. The van der Waals surface area contributed by atoms with Crippen LogP contribution in [0.15, 0.2) is 101 Å². The molecule has 4 aromatic rings. The van der Waals surface area contributed by atoms with E-state index in [1.54, 1.807) is 36.4 Å². The lowest BCUT2D eigenvalue weighted by atomic mass is 10.1. The molecule has 0 spiro atoms. The maximum atomic E-state index is 12.6. The average molecular weight is 414 g/mol. The van der Waals surface area contributed by atoms with Crippen molar-refractivity contribution in [2.45, 2.75) is 5.22 Å². The number of Topliss-reactive ketones (excluding diaryl/α,β-unsaturated/α-hetero) is 1. The van der Waals surface area contributed by atoms with Crippen molar-refractivity contribution in [3.8, 4) is 11.3 Å². The molecule has 0 saturated heterocycles. The van der Waals surface area contributed by atoms with Gasteiger partial charge >= 0.3 is 0 Å². The summed E-state index contributed by atoms with van der Waals surface area (Å²) in [6.07, 6.45) is 0. The summed E-state index contributed by atoms with van der Waals surface area (Å²) in [6, 6.07) is 27.4. The molecule has 0 unspecified atom stereocenters. The molecule has 1 aromatic heterocycles. The number of amides is 1. The smallest absolute Gasteiger partial charge is 0.258 e. The quantitative estimate of drug-likeness (QED) is 0.316. The van der Waals surface area contributed by atoms with Crippen LogP contribution >= 0.6 is 11.8 Å². The first-order valence-electron chi connectivity index (χ1n) is 9.34. The second kappa shape index (κ2) is 9.24. The van der Waals surface area contributed by atoms with Gasteiger partial charge in [-0.15, -0.1) is 0 Å². The number of carbonyl (C=O) groups is 2. The fourth-order valence-corrected chi connectivity index (χ4v) is 3.56. The Hall–Kier alpha value is -3.64. The van der Waals surface area contributed by atoms with Gasteiger partial charge in [-0.1, -0.05) is 90.6 Å². The molecule has 3 aromatic carbocycles. The highest BCUT2D eigenvalue weighted by molar-refractivity contribution is 7.99. The van der Waals surface area contributed by atoms with Crippen molar-refractivity contribution in [2.24, 2.45) is 0 Å². The van der Waals surface area contributed by atoms with Crippen LogP contribution in [0.4, 0.5) is 5.82 Å². The molecular weight excluding hydrogens is 396 g/mol. The minimum absolute atomic E-state index is 0.0186. The molecule has 4 rings (SSSR count). The molecular formula is C24H18N2O3S. The number of carbonyl (C=O) groups excluding carboxylic acids is 2.